The molecule has 2 aliphatic heterocycles. The second kappa shape index (κ2) is 10.2. The number of hydrazone groups is 1. The molecule has 1 fully saturated rings. The van der Waals surface area contributed by atoms with Crippen molar-refractivity contribution >= 4 is 64.5 Å². The maximum Gasteiger partial charge on any atom is 0.281 e. The van der Waals surface area contributed by atoms with Crippen LogP contribution in [0.3, 0.4) is 0 Å². The Kier molecular flexibility index (Phi) is 7.85. The summed E-state index contributed by atoms with van der Waals surface area (Å²) >= 11 is 18.5. The molecular formula is C20H20Cl4N4O2. The van der Waals surface area contributed by atoms with Gasteiger partial charge in [-0.05, 0) is 35.9 Å². The zero-order chi connectivity index (χ0) is 20.4. The van der Waals surface area contributed by atoms with Crippen LogP contribution in [0, 0.1) is 0 Å². The number of nitrogens with zero attached hydrogens (tertiary/aromatic N) is 3. The predicted octanol–water partition coefficient (Wildman–Crippen LogP) is 4.74. The van der Waals surface area contributed by atoms with Crippen molar-refractivity contribution in [2.24, 2.45) is 5.10 Å². The molecule has 0 aliphatic carbocycles. The van der Waals surface area contributed by atoms with E-state index in [2.05, 4.69) is 10.5 Å². The van der Waals surface area contributed by atoms with E-state index in [9.17, 15) is 4.79 Å². The average molecular weight is 490 g/mol. The van der Waals surface area contributed by atoms with E-state index in [0.717, 1.165) is 5.56 Å². The Morgan fingerprint density at radius 2 is 1.70 bits per heavy atom. The fourth-order valence-corrected chi connectivity index (χ4v) is 3.99. The maximum absolute atomic E-state index is 12.8. The Labute approximate surface area is 196 Å². The van der Waals surface area contributed by atoms with E-state index in [1.807, 2.05) is 29.3 Å². The largest absolute Gasteiger partial charge is 0.379 e. The minimum Gasteiger partial charge on any atom is -0.379 e. The number of nitrogens with one attached hydrogen (secondary N) is 1. The number of carbonyl (C=O) groups is 1. The van der Waals surface area contributed by atoms with Gasteiger partial charge in [-0.15, -0.1) is 12.4 Å². The quantitative estimate of drug-likeness (QED) is 0.673. The summed E-state index contributed by atoms with van der Waals surface area (Å²) in [6, 6.07) is 12.6. The van der Waals surface area contributed by atoms with Gasteiger partial charge in [-0.25, -0.2) is 5.01 Å². The number of ether oxygens (including phenoxy) is 1. The Bertz CT molecular complexity index is 933. The van der Waals surface area contributed by atoms with Crippen LogP contribution in [0.2, 0.25) is 15.1 Å². The highest BCUT2D eigenvalue weighted by Gasteiger charge is 2.34. The van der Waals surface area contributed by atoms with Crippen molar-refractivity contribution in [1.82, 2.24) is 10.4 Å². The SMILES string of the molecule is Cl.O=C(NN1CCOCC1)C1=NN(c2ccc(Cl)cc2Cl)C(c2ccc(Cl)cc2)C1. The summed E-state index contributed by atoms with van der Waals surface area (Å²) in [6.45, 7) is 2.47. The van der Waals surface area contributed by atoms with Crippen molar-refractivity contribution in [2.75, 3.05) is 31.3 Å². The molecule has 1 N–H and O–H groups in total. The summed E-state index contributed by atoms with van der Waals surface area (Å²) < 4.78 is 5.32. The monoisotopic (exact) mass is 488 g/mol. The number of carbonyl (C=O) groups excluding carboxylic acids is 1. The molecule has 0 bridgehead atoms. The number of morpholine rings is 1. The number of amides is 1. The first kappa shape index (κ1) is 23.1. The van der Waals surface area contributed by atoms with Crippen LogP contribution in [0.25, 0.3) is 0 Å². The van der Waals surface area contributed by atoms with Crippen LogP contribution in [-0.4, -0.2) is 42.9 Å². The predicted molar refractivity (Wildman–Crippen MR) is 123 cm³/mol. The molecule has 0 aromatic heterocycles. The second-order valence-electron chi connectivity index (χ2n) is 6.80. The summed E-state index contributed by atoms with van der Waals surface area (Å²) in [6.07, 6.45) is 0.441. The molecule has 1 amide bonds. The average Bonchev–Trinajstić information content (AvgIpc) is 3.14. The molecule has 1 saturated heterocycles. The smallest absolute Gasteiger partial charge is 0.281 e. The number of hydrogen-bond donors (Lipinski definition) is 1. The molecule has 160 valence electrons. The Morgan fingerprint density at radius 1 is 1.03 bits per heavy atom. The third-order valence-electron chi connectivity index (χ3n) is 4.85. The molecule has 1 unspecified atom stereocenters. The maximum atomic E-state index is 12.8. The molecule has 10 heteroatoms. The fraction of sp³-hybridized carbons (Fsp3) is 0.300. The molecule has 2 heterocycles. The van der Waals surface area contributed by atoms with E-state index in [1.165, 1.54) is 0 Å². The summed E-state index contributed by atoms with van der Waals surface area (Å²) in [5, 5.41) is 9.89. The number of hydrogen-bond acceptors (Lipinski definition) is 5. The van der Waals surface area contributed by atoms with Gasteiger partial charge in [0.1, 0.15) is 5.71 Å². The standard InChI is InChI=1S/C20H19Cl3N4O2.ClH/c21-14-3-1-13(2-4-14)19-12-17(20(28)25-26-7-9-29-10-8-26)24-27(19)18-6-5-15(22)11-16(18)23;/h1-6,11,19H,7-10,12H2,(H,25,28);1H. The summed E-state index contributed by atoms with van der Waals surface area (Å²) in [5.41, 5.74) is 5.02. The van der Waals surface area contributed by atoms with E-state index >= 15 is 0 Å². The molecule has 6 nitrogen and oxygen atoms in total. The molecule has 4 rings (SSSR count). The second-order valence-corrected chi connectivity index (χ2v) is 8.08. The van der Waals surface area contributed by atoms with Crippen molar-refractivity contribution < 1.29 is 9.53 Å². The highest BCUT2D eigenvalue weighted by Crippen LogP contribution is 2.39. The van der Waals surface area contributed by atoms with Gasteiger partial charge in [0.2, 0.25) is 0 Å². The van der Waals surface area contributed by atoms with Crippen molar-refractivity contribution in [3.8, 4) is 0 Å². The van der Waals surface area contributed by atoms with E-state index < -0.39 is 0 Å². The van der Waals surface area contributed by atoms with Crippen LogP contribution in [0.1, 0.15) is 18.0 Å². The third kappa shape index (κ3) is 5.19. The number of benzene rings is 2. The number of anilines is 1. The van der Waals surface area contributed by atoms with Crippen LogP contribution >= 0.6 is 47.2 Å². The van der Waals surface area contributed by atoms with Crippen LogP contribution < -0.4 is 10.4 Å². The first-order valence-corrected chi connectivity index (χ1v) is 10.4. The Balaban J connectivity index is 0.00000256. The lowest BCUT2D eigenvalue weighted by molar-refractivity contribution is -0.121. The fourth-order valence-electron chi connectivity index (χ4n) is 3.36. The minimum absolute atomic E-state index is 0. The van der Waals surface area contributed by atoms with Crippen molar-refractivity contribution in [2.45, 2.75) is 12.5 Å². The van der Waals surface area contributed by atoms with Gasteiger partial charge in [0.25, 0.3) is 5.91 Å². The summed E-state index contributed by atoms with van der Waals surface area (Å²) in [7, 11) is 0. The highest BCUT2D eigenvalue weighted by atomic mass is 35.5. The van der Waals surface area contributed by atoms with Crippen molar-refractivity contribution in [1.29, 1.82) is 0 Å². The number of hydrazine groups is 1. The molecule has 1 atom stereocenters. The molecule has 0 spiro atoms. The topological polar surface area (TPSA) is 57.2 Å². The van der Waals surface area contributed by atoms with Gasteiger partial charge in [0.15, 0.2) is 0 Å². The van der Waals surface area contributed by atoms with Gasteiger partial charge in [0, 0.05) is 29.6 Å². The third-order valence-corrected chi connectivity index (χ3v) is 5.64. The van der Waals surface area contributed by atoms with E-state index in [0.29, 0.717) is 59.2 Å². The van der Waals surface area contributed by atoms with Gasteiger partial charge < -0.3 is 4.74 Å². The Morgan fingerprint density at radius 3 is 2.37 bits per heavy atom. The van der Waals surface area contributed by atoms with Crippen molar-refractivity contribution in [3.63, 3.8) is 0 Å². The molecule has 2 aromatic rings. The molecular weight excluding hydrogens is 470 g/mol. The van der Waals surface area contributed by atoms with E-state index in [-0.39, 0.29) is 24.4 Å². The molecule has 2 aliphatic rings. The van der Waals surface area contributed by atoms with E-state index in [4.69, 9.17) is 39.5 Å². The van der Waals surface area contributed by atoms with Gasteiger partial charge in [-0.1, -0.05) is 46.9 Å². The summed E-state index contributed by atoms with van der Waals surface area (Å²) in [4.78, 5) is 12.8. The lowest BCUT2D eigenvalue weighted by Gasteiger charge is -2.26. The zero-order valence-electron chi connectivity index (χ0n) is 15.9. The zero-order valence-corrected chi connectivity index (χ0v) is 18.9. The molecule has 30 heavy (non-hydrogen) atoms. The van der Waals surface area contributed by atoms with Gasteiger partial charge in [-0.3, -0.25) is 15.2 Å². The van der Waals surface area contributed by atoms with Crippen LogP contribution in [-0.2, 0) is 9.53 Å². The first-order valence-electron chi connectivity index (χ1n) is 9.22. The van der Waals surface area contributed by atoms with Crippen molar-refractivity contribution in [3.05, 3.63) is 63.1 Å². The van der Waals surface area contributed by atoms with Gasteiger partial charge in [0.05, 0.1) is 30.0 Å². The minimum atomic E-state index is -0.224. The van der Waals surface area contributed by atoms with Crippen LogP contribution in [0.5, 0.6) is 0 Å². The Hall–Kier alpha value is -1.54. The van der Waals surface area contributed by atoms with Gasteiger partial charge in [-0.2, -0.15) is 5.10 Å². The number of rotatable bonds is 4. The van der Waals surface area contributed by atoms with Crippen LogP contribution in [0.15, 0.2) is 47.6 Å². The highest BCUT2D eigenvalue weighted by molar-refractivity contribution is 6.40. The van der Waals surface area contributed by atoms with E-state index in [1.54, 1.807) is 23.2 Å². The first-order chi connectivity index (χ1) is 14.0. The molecule has 0 saturated carbocycles. The molecule has 2 aromatic carbocycles. The molecule has 0 radical (unpaired) electrons. The normalized spacial score (nSPS) is 19.2. The van der Waals surface area contributed by atoms with Gasteiger partial charge >= 0.3 is 0 Å². The van der Waals surface area contributed by atoms with Crippen LogP contribution in [0.4, 0.5) is 5.69 Å². The lowest BCUT2D eigenvalue weighted by Crippen LogP contribution is -2.50. The number of halogens is 4. The summed E-state index contributed by atoms with van der Waals surface area (Å²) in [5.74, 6) is -0.224. The lowest BCUT2D eigenvalue weighted by atomic mass is 10.0.